The summed E-state index contributed by atoms with van der Waals surface area (Å²) in [5.74, 6) is -6.02. The number of methoxy groups -OCH3 is 1. The standard InChI is InChI=1S/C20H24F7N5O3/c1-35-15-13-9(17(33)30-18(34)32(13)8-2-3-8)12(29)10(21)14(15)31-5-4-7(6-31)11(28)16(19(22,23)24)20(25,26)27/h7-8,11,14-16H,2-6,28-29H2,1H3,(H,30,33,34). The molecule has 1 saturated carbocycles. The van der Waals surface area contributed by atoms with Crippen LogP contribution in [0.3, 0.4) is 0 Å². The first-order valence-electron chi connectivity index (χ1n) is 10.9. The van der Waals surface area contributed by atoms with Crippen LogP contribution in [0.15, 0.2) is 15.4 Å². The Balaban J connectivity index is 1.71. The number of likely N-dealkylation sites (tertiary alicyclic amines) is 1. The number of nitrogens with zero attached hydrogens (tertiary/aromatic N) is 2. The molecule has 3 aliphatic rings. The predicted octanol–water partition coefficient (Wildman–Crippen LogP) is 1.93. The fourth-order valence-electron chi connectivity index (χ4n) is 5.23. The zero-order valence-corrected chi connectivity index (χ0v) is 18.4. The molecule has 5 N–H and O–H groups in total. The van der Waals surface area contributed by atoms with Gasteiger partial charge in [-0.1, -0.05) is 0 Å². The third-order valence-electron chi connectivity index (χ3n) is 6.97. The monoisotopic (exact) mass is 515 g/mol. The van der Waals surface area contributed by atoms with Gasteiger partial charge in [-0.05, 0) is 31.7 Å². The number of rotatable bonds is 5. The molecular formula is C20H24F7N5O3. The second-order valence-electron chi connectivity index (χ2n) is 9.17. The van der Waals surface area contributed by atoms with Gasteiger partial charge in [0.25, 0.3) is 5.56 Å². The second kappa shape index (κ2) is 8.62. The summed E-state index contributed by atoms with van der Waals surface area (Å²) in [6, 6.07) is -3.96. The van der Waals surface area contributed by atoms with Crippen LogP contribution in [0.25, 0.3) is 5.70 Å². The minimum atomic E-state index is -5.61. The average Bonchev–Trinajstić information content (AvgIpc) is 3.43. The largest absolute Gasteiger partial charge is 0.402 e. The molecule has 0 amide bonds. The molecule has 2 aliphatic carbocycles. The number of fused-ring (bicyclic) bond motifs is 1. The number of halogens is 7. The molecule has 8 nitrogen and oxygen atoms in total. The van der Waals surface area contributed by atoms with E-state index in [9.17, 15) is 35.9 Å². The quantitative estimate of drug-likeness (QED) is 0.516. The van der Waals surface area contributed by atoms with E-state index in [0.717, 1.165) is 0 Å². The first-order valence-corrected chi connectivity index (χ1v) is 10.9. The second-order valence-corrected chi connectivity index (χ2v) is 9.17. The van der Waals surface area contributed by atoms with Crippen molar-refractivity contribution in [1.82, 2.24) is 14.5 Å². The lowest BCUT2D eigenvalue weighted by atomic mass is 9.87. The third-order valence-corrected chi connectivity index (χ3v) is 6.97. The summed E-state index contributed by atoms with van der Waals surface area (Å²) < 4.78 is 101. The Labute approximate surface area is 193 Å². The van der Waals surface area contributed by atoms with Crippen molar-refractivity contribution >= 4 is 5.70 Å². The maximum Gasteiger partial charge on any atom is 0.402 e. The van der Waals surface area contributed by atoms with E-state index in [1.165, 1.54) is 16.6 Å². The molecule has 0 radical (unpaired) electrons. The van der Waals surface area contributed by atoms with Crippen molar-refractivity contribution in [3.05, 3.63) is 37.9 Å². The molecule has 1 saturated heterocycles. The lowest BCUT2D eigenvalue weighted by Gasteiger charge is -2.38. The topological polar surface area (TPSA) is 119 Å². The molecule has 0 bridgehead atoms. The van der Waals surface area contributed by atoms with Crippen LogP contribution in [0.5, 0.6) is 0 Å². The lowest BCUT2D eigenvalue weighted by molar-refractivity contribution is -0.292. The van der Waals surface area contributed by atoms with Crippen molar-refractivity contribution in [2.45, 2.75) is 55.8 Å². The number of H-pyrrole nitrogens is 1. The molecule has 0 spiro atoms. The summed E-state index contributed by atoms with van der Waals surface area (Å²) in [4.78, 5) is 28.4. The summed E-state index contributed by atoms with van der Waals surface area (Å²) >= 11 is 0. The molecule has 4 unspecified atom stereocenters. The van der Waals surface area contributed by atoms with Crippen LogP contribution >= 0.6 is 0 Å². The van der Waals surface area contributed by atoms with Gasteiger partial charge in [0.05, 0.1) is 23.0 Å². The van der Waals surface area contributed by atoms with E-state index in [1.807, 2.05) is 0 Å². The summed E-state index contributed by atoms with van der Waals surface area (Å²) in [7, 11) is 1.20. The third kappa shape index (κ3) is 4.37. The van der Waals surface area contributed by atoms with Crippen molar-refractivity contribution in [2.24, 2.45) is 23.3 Å². The molecule has 4 rings (SSSR count). The Morgan fingerprint density at radius 1 is 1.09 bits per heavy atom. The van der Waals surface area contributed by atoms with Gasteiger partial charge in [0.2, 0.25) is 0 Å². The zero-order chi connectivity index (χ0) is 26.0. The Kier molecular flexibility index (Phi) is 6.33. The summed E-state index contributed by atoms with van der Waals surface area (Å²) in [5, 5.41) is 0. The van der Waals surface area contributed by atoms with Crippen LogP contribution in [0.4, 0.5) is 30.7 Å². The molecule has 15 heteroatoms. The zero-order valence-electron chi connectivity index (χ0n) is 18.4. The van der Waals surface area contributed by atoms with Crippen molar-refractivity contribution in [3.63, 3.8) is 0 Å². The van der Waals surface area contributed by atoms with Crippen molar-refractivity contribution in [2.75, 3.05) is 20.2 Å². The van der Waals surface area contributed by atoms with Gasteiger partial charge >= 0.3 is 18.0 Å². The van der Waals surface area contributed by atoms with E-state index in [2.05, 4.69) is 4.98 Å². The SMILES string of the molecule is COC1c2c(c(=O)[nH]c(=O)n2C2CC2)C(N)=C(F)C1N1CCC(C(N)C(C(F)(F)F)C(F)(F)F)C1. The van der Waals surface area contributed by atoms with E-state index in [1.54, 1.807) is 0 Å². The summed E-state index contributed by atoms with van der Waals surface area (Å²) in [5.41, 5.74) is 8.93. The Bertz CT molecular complexity index is 1120. The maximum atomic E-state index is 15.5. The van der Waals surface area contributed by atoms with Gasteiger partial charge in [0, 0.05) is 25.7 Å². The highest BCUT2D eigenvalue weighted by Gasteiger charge is 2.61. The van der Waals surface area contributed by atoms with Crippen LogP contribution in [0.2, 0.25) is 0 Å². The highest BCUT2D eigenvalue weighted by Crippen LogP contribution is 2.46. The van der Waals surface area contributed by atoms with Crippen molar-refractivity contribution in [1.29, 1.82) is 0 Å². The van der Waals surface area contributed by atoms with Crippen LogP contribution in [0.1, 0.15) is 42.7 Å². The van der Waals surface area contributed by atoms with E-state index < -0.39 is 71.7 Å². The molecule has 2 heterocycles. The maximum absolute atomic E-state index is 15.5. The summed E-state index contributed by atoms with van der Waals surface area (Å²) in [6.45, 7) is -0.501. The number of nitrogens with one attached hydrogen (secondary N) is 1. The van der Waals surface area contributed by atoms with E-state index in [-0.39, 0.29) is 30.3 Å². The highest BCUT2D eigenvalue weighted by molar-refractivity contribution is 5.70. The Morgan fingerprint density at radius 3 is 2.20 bits per heavy atom. The minimum Gasteiger partial charge on any atom is -0.396 e. The predicted molar refractivity (Wildman–Crippen MR) is 109 cm³/mol. The number of hydrogen-bond donors (Lipinski definition) is 3. The number of aromatic nitrogens is 2. The first-order chi connectivity index (χ1) is 16.2. The summed E-state index contributed by atoms with van der Waals surface area (Å²) in [6.07, 6.45) is -11.4. The Morgan fingerprint density at radius 2 is 1.69 bits per heavy atom. The van der Waals surface area contributed by atoms with Crippen molar-refractivity contribution < 1.29 is 35.5 Å². The number of aromatic amines is 1. The number of hydrogen-bond acceptors (Lipinski definition) is 6. The van der Waals surface area contributed by atoms with Crippen molar-refractivity contribution in [3.8, 4) is 0 Å². The molecule has 1 aromatic heterocycles. The van der Waals surface area contributed by atoms with Crippen LogP contribution in [-0.2, 0) is 4.74 Å². The molecule has 1 aliphatic heterocycles. The lowest BCUT2D eigenvalue weighted by Crippen LogP contribution is -2.53. The molecule has 196 valence electrons. The first kappa shape index (κ1) is 25.7. The van der Waals surface area contributed by atoms with Crippen LogP contribution in [0, 0.1) is 11.8 Å². The fourth-order valence-corrected chi connectivity index (χ4v) is 5.23. The molecule has 35 heavy (non-hydrogen) atoms. The van der Waals surface area contributed by atoms with Gasteiger partial charge < -0.3 is 16.2 Å². The average molecular weight is 515 g/mol. The van der Waals surface area contributed by atoms with Gasteiger partial charge in [-0.15, -0.1) is 0 Å². The smallest absolute Gasteiger partial charge is 0.396 e. The van der Waals surface area contributed by atoms with Crippen LogP contribution < -0.4 is 22.7 Å². The van der Waals surface area contributed by atoms with E-state index in [0.29, 0.717) is 12.8 Å². The normalized spacial score (nSPS) is 27.0. The van der Waals surface area contributed by atoms with Gasteiger partial charge in [-0.3, -0.25) is 19.2 Å². The molecule has 1 aromatic rings. The van der Waals surface area contributed by atoms with Gasteiger partial charge in [-0.2, -0.15) is 26.3 Å². The number of ether oxygens (including phenoxy) is 1. The Hall–Kier alpha value is -2.39. The molecular weight excluding hydrogens is 491 g/mol. The van der Waals surface area contributed by atoms with E-state index in [4.69, 9.17) is 16.2 Å². The number of alkyl halides is 6. The van der Waals surface area contributed by atoms with Gasteiger partial charge in [0.15, 0.2) is 5.92 Å². The molecule has 0 aromatic carbocycles. The molecule has 2 fully saturated rings. The van der Waals surface area contributed by atoms with Gasteiger partial charge in [-0.25, -0.2) is 9.18 Å². The van der Waals surface area contributed by atoms with Crippen LogP contribution in [-0.4, -0.2) is 59.1 Å². The minimum absolute atomic E-state index is 0.0314. The van der Waals surface area contributed by atoms with E-state index >= 15 is 4.39 Å². The number of nitrogens with two attached hydrogens (primary N) is 2. The van der Waals surface area contributed by atoms with Gasteiger partial charge in [0.1, 0.15) is 11.9 Å². The highest BCUT2D eigenvalue weighted by atomic mass is 19.4. The fraction of sp³-hybridized carbons (Fsp3) is 0.700. The molecule has 4 atom stereocenters.